The molecule has 0 spiro atoms. The summed E-state index contributed by atoms with van der Waals surface area (Å²) in [6, 6.07) is -8.07. The summed E-state index contributed by atoms with van der Waals surface area (Å²) in [6.45, 7) is 0.283. The Morgan fingerprint density at radius 1 is 0.440 bits per heavy atom. The van der Waals surface area contributed by atoms with Crippen LogP contribution >= 0.6 is 11.8 Å². The van der Waals surface area contributed by atoms with Gasteiger partial charge in [-0.05, 0) is 75.2 Å². The molecule has 0 heterocycles. The van der Waals surface area contributed by atoms with Crippen molar-refractivity contribution in [1.82, 2.24) is 42.5 Å². The van der Waals surface area contributed by atoms with Gasteiger partial charge in [0.15, 0.2) is 0 Å². The smallest absolute Gasteiger partial charge is 0.322 e. The van der Waals surface area contributed by atoms with Crippen LogP contribution < -0.4 is 48.3 Å². The number of hydrogen-bond donors (Lipinski definition) is 16. The van der Waals surface area contributed by atoms with Crippen LogP contribution in [0.15, 0.2) is 24.3 Å². The maximum Gasteiger partial charge on any atom is 0.322 e. The normalized spacial score (nSPS) is 14.0. The summed E-state index contributed by atoms with van der Waals surface area (Å²) in [5.41, 5.74) is 6.28. The molecule has 75 heavy (non-hydrogen) atoms. The highest BCUT2D eigenvalue weighted by atomic mass is 32.2. The number of phenolic OH excluding ortho intramolecular Hbond substituents is 1. The van der Waals surface area contributed by atoms with Gasteiger partial charge in [0.2, 0.25) is 47.3 Å². The SMILES string of the molecule is CSCC[C@H](N)C(=O)N[C@@H](CCC(=O)O)C(=O)N[C@@H](CCC(=O)O)C(=O)N[C@@H](CCC(=O)O)C(=O)N[C@@H](CCC(=O)O)C(=O)N[C@@H](CCC(=O)O)C(=O)N[C@@H](C)C(=O)N[C@@H](Cc1ccc(O)cc1)C(=O)NCC(=O)O. The third-order valence-electron chi connectivity index (χ3n) is 10.5. The minimum atomic E-state index is -1.95. The van der Waals surface area contributed by atoms with E-state index in [1.165, 1.54) is 36.0 Å². The highest BCUT2D eigenvalue weighted by Gasteiger charge is 2.35. The van der Waals surface area contributed by atoms with Gasteiger partial charge in [0.05, 0.1) is 6.04 Å². The van der Waals surface area contributed by atoms with Crippen molar-refractivity contribution in [2.75, 3.05) is 18.6 Å². The molecule has 416 valence electrons. The number of carbonyl (C=O) groups is 14. The molecule has 0 unspecified atom stereocenters. The van der Waals surface area contributed by atoms with Gasteiger partial charge < -0.3 is 84.0 Å². The van der Waals surface area contributed by atoms with Crippen LogP contribution in [0.4, 0.5) is 0 Å². The van der Waals surface area contributed by atoms with E-state index in [-0.39, 0.29) is 18.6 Å². The predicted octanol–water partition coefficient (Wildman–Crippen LogP) is -4.05. The van der Waals surface area contributed by atoms with Crippen molar-refractivity contribution in [2.45, 2.75) is 132 Å². The van der Waals surface area contributed by atoms with E-state index >= 15 is 0 Å². The van der Waals surface area contributed by atoms with Crippen LogP contribution in [0.5, 0.6) is 5.75 Å². The Morgan fingerprint density at radius 2 is 0.760 bits per heavy atom. The van der Waals surface area contributed by atoms with Gasteiger partial charge in [-0.3, -0.25) is 67.1 Å². The molecule has 0 aromatic heterocycles. The van der Waals surface area contributed by atoms with E-state index in [0.717, 1.165) is 6.92 Å². The molecular weight excluding hydrogens is 1020 g/mol. The van der Waals surface area contributed by atoms with Gasteiger partial charge in [0.1, 0.15) is 54.6 Å². The molecule has 0 bridgehead atoms. The summed E-state index contributed by atoms with van der Waals surface area (Å²) >= 11 is 1.36. The molecule has 0 aliphatic carbocycles. The van der Waals surface area contributed by atoms with E-state index in [1.54, 1.807) is 6.26 Å². The Balaban J connectivity index is 3.49. The van der Waals surface area contributed by atoms with Crippen LogP contribution in [0.1, 0.15) is 83.1 Å². The van der Waals surface area contributed by atoms with Crippen molar-refractivity contribution >= 4 is 94.8 Å². The van der Waals surface area contributed by atoms with Crippen LogP contribution in [0.25, 0.3) is 0 Å². The average molecular weight is 1090 g/mol. The van der Waals surface area contributed by atoms with Gasteiger partial charge in [-0.15, -0.1) is 0 Å². The first-order valence-electron chi connectivity index (χ1n) is 22.9. The number of phenols is 1. The number of nitrogens with one attached hydrogen (secondary N) is 8. The summed E-state index contributed by atoms with van der Waals surface area (Å²) in [5, 5.41) is 83.3. The zero-order valence-corrected chi connectivity index (χ0v) is 41.5. The third-order valence-corrected chi connectivity index (χ3v) is 11.2. The minimum absolute atomic E-state index is 0.129. The highest BCUT2D eigenvalue weighted by molar-refractivity contribution is 7.98. The second kappa shape index (κ2) is 33.6. The van der Waals surface area contributed by atoms with Crippen LogP contribution in [0, 0.1) is 0 Å². The van der Waals surface area contributed by atoms with Gasteiger partial charge in [-0.1, -0.05) is 12.1 Å². The van der Waals surface area contributed by atoms with E-state index < -0.39 is 202 Å². The summed E-state index contributed by atoms with van der Waals surface area (Å²) in [5.74, 6) is -17.8. The lowest BCUT2D eigenvalue weighted by atomic mass is 10.0. The molecule has 0 radical (unpaired) electrons. The van der Waals surface area contributed by atoms with Gasteiger partial charge in [0, 0.05) is 38.5 Å². The largest absolute Gasteiger partial charge is 0.508 e. The number of aromatic hydroxyl groups is 1. The number of carboxylic acid groups (broad SMARTS) is 6. The summed E-state index contributed by atoms with van der Waals surface area (Å²) in [4.78, 5) is 177. The van der Waals surface area contributed by atoms with E-state index in [1.807, 2.05) is 0 Å². The van der Waals surface area contributed by atoms with E-state index in [0.29, 0.717) is 11.3 Å². The molecule has 1 aromatic carbocycles. The lowest BCUT2D eigenvalue weighted by molar-refractivity contribution is -0.141. The number of amides is 8. The predicted molar refractivity (Wildman–Crippen MR) is 257 cm³/mol. The third kappa shape index (κ3) is 27.0. The molecular formula is C44H63N9O21S. The maximum atomic E-state index is 13.9. The molecule has 8 atom stereocenters. The molecule has 0 aliphatic rings. The van der Waals surface area contributed by atoms with Gasteiger partial charge in [-0.25, -0.2) is 0 Å². The molecule has 8 amide bonds. The summed E-state index contributed by atoms with van der Waals surface area (Å²) in [6.07, 6.45) is -5.78. The number of hydrogen-bond acceptors (Lipinski definition) is 17. The first-order valence-corrected chi connectivity index (χ1v) is 24.3. The molecule has 0 fully saturated rings. The Morgan fingerprint density at radius 3 is 1.08 bits per heavy atom. The Bertz CT molecular complexity index is 2230. The fraction of sp³-hybridized carbons (Fsp3) is 0.545. The second-order valence-corrected chi connectivity index (χ2v) is 17.6. The Labute approximate surface area is 431 Å². The number of thioether (sulfide) groups is 1. The van der Waals surface area contributed by atoms with Crippen LogP contribution in [-0.4, -0.2) is 186 Å². The number of benzene rings is 1. The number of nitrogens with two attached hydrogens (primary N) is 1. The van der Waals surface area contributed by atoms with Crippen molar-refractivity contribution in [3.63, 3.8) is 0 Å². The van der Waals surface area contributed by atoms with Crippen LogP contribution in [0.3, 0.4) is 0 Å². The first kappa shape index (κ1) is 64.9. The number of carbonyl (C=O) groups excluding carboxylic acids is 8. The van der Waals surface area contributed by atoms with Gasteiger partial charge in [-0.2, -0.15) is 11.8 Å². The number of rotatable bonds is 37. The quantitative estimate of drug-likeness (QED) is 0.0302. The molecule has 17 N–H and O–H groups in total. The van der Waals surface area contributed by atoms with Gasteiger partial charge >= 0.3 is 35.8 Å². The van der Waals surface area contributed by atoms with E-state index in [9.17, 15) is 97.8 Å². The highest BCUT2D eigenvalue weighted by Crippen LogP contribution is 2.13. The van der Waals surface area contributed by atoms with Crippen molar-refractivity contribution in [2.24, 2.45) is 5.73 Å². The minimum Gasteiger partial charge on any atom is -0.508 e. The first-order chi connectivity index (χ1) is 35.1. The lowest BCUT2D eigenvalue weighted by Crippen LogP contribution is -2.60. The number of carboxylic acids is 6. The molecule has 31 heteroatoms. The molecule has 0 saturated carbocycles. The molecule has 1 aromatic rings. The lowest BCUT2D eigenvalue weighted by Gasteiger charge is -2.27. The maximum absolute atomic E-state index is 13.9. The second-order valence-electron chi connectivity index (χ2n) is 16.6. The van der Waals surface area contributed by atoms with Crippen molar-refractivity contribution in [3.8, 4) is 5.75 Å². The van der Waals surface area contributed by atoms with Crippen molar-refractivity contribution < 1.29 is 103 Å². The zero-order chi connectivity index (χ0) is 56.9. The van der Waals surface area contributed by atoms with Gasteiger partial charge in [0.25, 0.3) is 0 Å². The van der Waals surface area contributed by atoms with E-state index in [2.05, 4.69) is 42.5 Å². The Kier molecular flexibility index (Phi) is 29.1. The summed E-state index contributed by atoms with van der Waals surface area (Å²) in [7, 11) is 0. The monoisotopic (exact) mass is 1090 g/mol. The average Bonchev–Trinajstić information content (AvgIpc) is 3.33. The molecule has 1 rings (SSSR count). The topological polar surface area (TPSA) is 503 Å². The number of aliphatic carboxylic acids is 6. The molecule has 30 nitrogen and oxygen atoms in total. The standard InChI is InChI=1S/C44H63N9O21S/c1-21(37(67)53-30(39(69)46-20-36(65)66)19-22-3-5-23(54)6-4-22)47-40(70)25(7-12-31(55)56)49-42(72)27(9-14-33(59)60)51-44(74)29(11-16-35(63)64)52-43(73)28(10-15-34(61)62)50-41(71)26(8-13-32(57)58)48-38(68)24(45)17-18-75-2/h3-6,21,24-30,54H,7-20,45H2,1-2H3,(H,46,69)(H,47,70)(H,48,68)(H,49,72)(H,50,71)(H,51,74)(H,52,73)(H,53,67)(H,55,56)(H,57,58)(H,59,60)(H,61,62)(H,63,64)(H,65,66)/t21-,24-,25-,26-,27-,28-,29-,30-/m0/s1. The zero-order valence-electron chi connectivity index (χ0n) is 40.7. The van der Waals surface area contributed by atoms with Crippen LogP contribution in [-0.2, 0) is 73.5 Å². The fourth-order valence-electron chi connectivity index (χ4n) is 6.47. The van der Waals surface area contributed by atoms with Crippen LogP contribution in [0.2, 0.25) is 0 Å². The van der Waals surface area contributed by atoms with Crippen molar-refractivity contribution in [3.05, 3.63) is 29.8 Å². The fourth-order valence-corrected chi connectivity index (χ4v) is 6.96. The summed E-state index contributed by atoms with van der Waals surface area (Å²) < 4.78 is 0. The van der Waals surface area contributed by atoms with Crippen molar-refractivity contribution in [1.29, 1.82) is 0 Å². The molecule has 0 saturated heterocycles. The molecule has 0 aliphatic heterocycles. The van der Waals surface area contributed by atoms with E-state index in [4.69, 9.17) is 10.8 Å². The Hall–Kier alpha value is -8.09.